The molecule has 0 aliphatic heterocycles. The molecule has 0 aliphatic rings. The third-order valence-electron chi connectivity index (χ3n) is 2.15. The van der Waals surface area contributed by atoms with Gasteiger partial charge in [-0.1, -0.05) is 6.07 Å². The Morgan fingerprint density at radius 2 is 2.29 bits per heavy atom. The van der Waals surface area contributed by atoms with Gasteiger partial charge in [0, 0.05) is 24.7 Å². The van der Waals surface area contributed by atoms with E-state index in [0.29, 0.717) is 13.0 Å². The summed E-state index contributed by atoms with van der Waals surface area (Å²) in [6, 6.07) is 5.78. The summed E-state index contributed by atoms with van der Waals surface area (Å²) in [4.78, 5) is 11.5. The van der Waals surface area contributed by atoms with Crippen LogP contribution in [0.3, 0.4) is 0 Å². The number of nitriles is 1. The lowest BCUT2D eigenvalue weighted by molar-refractivity contribution is 0.597. The molecule has 74 valence electrons. The Hall–Kier alpha value is -1.56. The van der Waals surface area contributed by atoms with Crippen molar-refractivity contribution in [3.05, 3.63) is 34.2 Å². The van der Waals surface area contributed by atoms with E-state index in [1.165, 1.54) is 0 Å². The monoisotopic (exact) mass is 190 g/mol. The van der Waals surface area contributed by atoms with Crippen molar-refractivity contribution in [1.82, 2.24) is 4.57 Å². The van der Waals surface area contributed by atoms with Gasteiger partial charge in [-0.2, -0.15) is 5.26 Å². The van der Waals surface area contributed by atoms with Gasteiger partial charge in [-0.25, -0.2) is 0 Å². The van der Waals surface area contributed by atoms with Gasteiger partial charge in [-0.05, 0) is 25.8 Å². The minimum atomic E-state index is 0.0736. The molecule has 3 heteroatoms. The molecular formula is C11H14N2O. The molecule has 3 nitrogen and oxygen atoms in total. The Labute approximate surface area is 83.6 Å². The van der Waals surface area contributed by atoms with Crippen LogP contribution in [0.4, 0.5) is 0 Å². The molecule has 14 heavy (non-hydrogen) atoms. The zero-order valence-corrected chi connectivity index (χ0v) is 8.36. The van der Waals surface area contributed by atoms with Crippen molar-refractivity contribution in [3.8, 4) is 6.07 Å². The quantitative estimate of drug-likeness (QED) is 0.680. The summed E-state index contributed by atoms with van der Waals surface area (Å²) >= 11 is 0. The van der Waals surface area contributed by atoms with Crippen molar-refractivity contribution >= 4 is 0 Å². The number of rotatable bonds is 4. The molecule has 0 saturated carbocycles. The maximum Gasteiger partial charge on any atom is 0.253 e. The van der Waals surface area contributed by atoms with E-state index >= 15 is 0 Å². The van der Waals surface area contributed by atoms with Gasteiger partial charge in [0.05, 0.1) is 6.07 Å². The number of aryl methyl sites for hydroxylation is 2. The summed E-state index contributed by atoms with van der Waals surface area (Å²) in [5.41, 5.74) is 0.845. The van der Waals surface area contributed by atoms with Crippen molar-refractivity contribution < 1.29 is 0 Å². The highest BCUT2D eigenvalue weighted by Crippen LogP contribution is 1.97. The fraction of sp³-hybridized carbons (Fsp3) is 0.455. The van der Waals surface area contributed by atoms with E-state index in [4.69, 9.17) is 5.26 Å². The molecule has 0 N–H and O–H groups in total. The van der Waals surface area contributed by atoms with Crippen LogP contribution in [0.2, 0.25) is 0 Å². The van der Waals surface area contributed by atoms with Gasteiger partial charge in [0.25, 0.3) is 5.56 Å². The molecule has 0 unspecified atom stereocenters. The van der Waals surface area contributed by atoms with Crippen LogP contribution in [-0.4, -0.2) is 4.57 Å². The minimum absolute atomic E-state index is 0.0736. The molecule has 0 bridgehead atoms. The van der Waals surface area contributed by atoms with Crippen molar-refractivity contribution in [3.63, 3.8) is 0 Å². The molecule has 0 radical (unpaired) electrons. The average Bonchev–Trinajstić information content (AvgIpc) is 2.19. The van der Waals surface area contributed by atoms with E-state index in [0.717, 1.165) is 18.4 Å². The number of hydrogen-bond acceptors (Lipinski definition) is 2. The van der Waals surface area contributed by atoms with Crippen LogP contribution in [-0.2, 0) is 6.54 Å². The van der Waals surface area contributed by atoms with Gasteiger partial charge in [-0.3, -0.25) is 4.79 Å². The molecule has 1 aromatic rings. The molecular weight excluding hydrogens is 176 g/mol. The fourth-order valence-corrected chi connectivity index (χ4v) is 1.32. The first-order valence-corrected chi connectivity index (χ1v) is 4.78. The van der Waals surface area contributed by atoms with Crippen LogP contribution in [0, 0.1) is 18.3 Å². The molecule has 0 aliphatic carbocycles. The van der Waals surface area contributed by atoms with Gasteiger partial charge >= 0.3 is 0 Å². The molecule has 0 saturated heterocycles. The topological polar surface area (TPSA) is 45.8 Å². The van der Waals surface area contributed by atoms with E-state index in [1.54, 1.807) is 10.8 Å². The van der Waals surface area contributed by atoms with Gasteiger partial charge in [0.2, 0.25) is 0 Å². The molecule has 0 spiro atoms. The Balaban J connectivity index is 2.56. The molecule has 1 heterocycles. The second-order valence-corrected chi connectivity index (χ2v) is 3.30. The molecule has 1 aromatic heterocycles. The van der Waals surface area contributed by atoms with Gasteiger partial charge in [0.15, 0.2) is 0 Å². The average molecular weight is 190 g/mol. The molecule has 0 amide bonds. The maximum atomic E-state index is 11.5. The third-order valence-corrected chi connectivity index (χ3v) is 2.15. The normalized spacial score (nSPS) is 9.71. The van der Waals surface area contributed by atoms with Gasteiger partial charge in [-0.15, -0.1) is 0 Å². The SMILES string of the molecule is Cc1cccn(CCCCC#N)c1=O. The minimum Gasteiger partial charge on any atom is -0.315 e. The summed E-state index contributed by atoms with van der Waals surface area (Å²) < 4.78 is 1.70. The summed E-state index contributed by atoms with van der Waals surface area (Å²) in [5, 5.41) is 8.34. The fourth-order valence-electron chi connectivity index (χ4n) is 1.32. The van der Waals surface area contributed by atoms with Crippen LogP contribution >= 0.6 is 0 Å². The molecule has 0 atom stereocenters. The second kappa shape index (κ2) is 5.23. The predicted molar refractivity (Wildman–Crippen MR) is 54.9 cm³/mol. The standard InChI is InChI=1S/C11H14N2O/c1-10-6-5-9-13(11(10)14)8-4-2-3-7-12/h5-6,9H,2-4,8H2,1H3. The van der Waals surface area contributed by atoms with Gasteiger partial charge < -0.3 is 4.57 Å². The van der Waals surface area contributed by atoms with E-state index in [-0.39, 0.29) is 5.56 Å². The van der Waals surface area contributed by atoms with E-state index in [1.807, 2.05) is 19.1 Å². The molecule has 0 fully saturated rings. The van der Waals surface area contributed by atoms with E-state index < -0.39 is 0 Å². The first-order valence-electron chi connectivity index (χ1n) is 4.78. The van der Waals surface area contributed by atoms with Gasteiger partial charge in [0.1, 0.15) is 0 Å². The highest BCUT2D eigenvalue weighted by atomic mass is 16.1. The van der Waals surface area contributed by atoms with Crippen LogP contribution < -0.4 is 5.56 Å². The summed E-state index contributed by atoms with van der Waals surface area (Å²) in [5.74, 6) is 0. The summed E-state index contributed by atoms with van der Waals surface area (Å²) in [6.45, 7) is 2.52. The zero-order chi connectivity index (χ0) is 10.4. The maximum absolute atomic E-state index is 11.5. The predicted octanol–water partition coefficient (Wildman–Crippen LogP) is 1.85. The second-order valence-electron chi connectivity index (χ2n) is 3.30. The summed E-state index contributed by atoms with van der Waals surface area (Å²) in [6.07, 6.45) is 4.11. The number of unbranched alkanes of at least 4 members (excludes halogenated alkanes) is 2. The molecule has 0 aromatic carbocycles. The Kier molecular flexibility index (Phi) is 3.93. The Bertz CT molecular complexity index is 387. The van der Waals surface area contributed by atoms with Crippen LogP contribution in [0.1, 0.15) is 24.8 Å². The van der Waals surface area contributed by atoms with Crippen LogP contribution in [0.5, 0.6) is 0 Å². The molecule has 1 rings (SSSR count). The van der Waals surface area contributed by atoms with E-state index in [9.17, 15) is 4.79 Å². The number of hydrogen-bond donors (Lipinski definition) is 0. The van der Waals surface area contributed by atoms with Crippen molar-refractivity contribution in [1.29, 1.82) is 5.26 Å². The zero-order valence-electron chi connectivity index (χ0n) is 8.36. The van der Waals surface area contributed by atoms with Crippen molar-refractivity contribution in [2.45, 2.75) is 32.7 Å². The van der Waals surface area contributed by atoms with E-state index in [2.05, 4.69) is 6.07 Å². The Morgan fingerprint density at radius 3 is 3.00 bits per heavy atom. The lowest BCUT2D eigenvalue weighted by Gasteiger charge is -2.04. The Morgan fingerprint density at radius 1 is 1.50 bits per heavy atom. The van der Waals surface area contributed by atoms with Crippen LogP contribution in [0.15, 0.2) is 23.1 Å². The highest BCUT2D eigenvalue weighted by Gasteiger charge is 1.97. The summed E-state index contributed by atoms with van der Waals surface area (Å²) in [7, 11) is 0. The van der Waals surface area contributed by atoms with Crippen molar-refractivity contribution in [2.24, 2.45) is 0 Å². The number of aromatic nitrogens is 1. The largest absolute Gasteiger partial charge is 0.315 e. The lowest BCUT2D eigenvalue weighted by atomic mass is 10.2. The number of pyridine rings is 1. The lowest BCUT2D eigenvalue weighted by Crippen LogP contribution is -2.21. The number of nitrogens with zero attached hydrogens (tertiary/aromatic N) is 2. The third kappa shape index (κ3) is 2.74. The highest BCUT2D eigenvalue weighted by molar-refractivity contribution is 5.07. The smallest absolute Gasteiger partial charge is 0.253 e. The first kappa shape index (κ1) is 10.5. The first-order chi connectivity index (χ1) is 6.75. The van der Waals surface area contributed by atoms with Crippen molar-refractivity contribution in [2.75, 3.05) is 0 Å². The van der Waals surface area contributed by atoms with Crippen LogP contribution in [0.25, 0.3) is 0 Å².